The Kier molecular flexibility index (Phi) is 6.49. The van der Waals surface area contributed by atoms with Crippen molar-refractivity contribution in [3.8, 4) is 0 Å². The molecule has 0 spiro atoms. The van der Waals surface area contributed by atoms with E-state index < -0.39 is 5.91 Å². The molecular weight excluding hydrogens is 322 g/mol. The van der Waals surface area contributed by atoms with Crippen LogP contribution in [0.25, 0.3) is 0 Å². The third kappa shape index (κ3) is 5.54. The molecule has 0 aliphatic carbocycles. The van der Waals surface area contributed by atoms with Gasteiger partial charge in [0.2, 0.25) is 11.8 Å². The number of nitrogens with one attached hydrogen (secondary N) is 1. The molecule has 2 rings (SSSR count). The van der Waals surface area contributed by atoms with Gasteiger partial charge in [-0.05, 0) is 12.1 Å². The third-order valence-corrected chi connectivity index (χ3v) is 4.16. The van der Waals surface area contributed by atoms with Gasteiger partial charge in [-0.25, -0.2) is 0 Å². The number of benzene rings is 1. The highest BCUT2D eigenvalue weighted by molar-refractivity contribution is 6.03. The lowest BCUT2D eigenvalue weighted by atomic mass is 10.1. The van der Waals surface area contributed by atoms with Crippen LogP contribution in [0.15, 0.2) is 24.3 Å². The van der Waals surface area contributed by atoms with E-state index in [-0.39, 0.29) is 18.4 Å². The molecule has 3 N–H and O–H groups in total. The van der Waals surface area contributed by atoms with Crippen LogP contribution >= 0.6 is 0 Å². The quantitative estimate of drug-likeness (QED) is 0.718. The number of hydrogen-bond acceptors (Lipinski definition) is 5. The van der Waals surface area contributed by atoms with Crippen LogP contribution < -0.4 is 11.1 Å². The number of nitrogens with two attached hydrogens (primary N) is 1. The molecule has 0 radical (unpaired) electrons. The van der Waals surface area contributed by atoms with Gasteiger partial charge in [0.25, 0.3) is 5.91 Å². The van der Waals surface area contributed by atoms with Gasteiger partial charge >= 0.3 is 0 Å². The number of anilines is 1. The lowest BCUT2D eigenvalue weighted by molar-refractivity contribution is -0.130. The molecule has 8 heteroatoms. The monoisotopic (exact) mass is 347 g/mol. The van der Waals surface area contributed by atoms with Crippen molar-refractivity contribution >= 4 is 23.4 Å². The lowest BCUT2D eigenvalue weighted by Gasteiger charge is -2.34. The highest BCUT2D eigenvalue weighted by Gasteiger charge is 2.21. The third-order valence-electron chi connectivity index (χ3n) is 4.16. The van der Waals surface area contributed by atoms with Gasteiger partial charge in [0.1, 0.15) is 0 Å². The molecule has 3 amide bonds. The van der Waals surface area contributed by atoms with Gasteiger partial charge in [-0.3, -0.25) is 24.2 Å². The van der Waals surface area contributed by atoms with E-state index in [2.05, 4.69) is 10.2 Å². The number of piperazine rings is 1. The molecule has 0 saturated carbocycles. The summed E-state index contributed by atoms with van der Waals surface area (Å²) in [7, 11) is 3.49. The first-order valence-corrected chi connectivity index (χ1v) is 8.20. The summed E-state index contributed by atoms with van der Waals surface area (Å²) in [5, 5.41) is 2.74. The van der Waals surface area contributed by atoms with Gasteiger partial charge in [-0.15, -0.1) is 0 Å². The number of primary amides is 1. The van der Waals surface area contributed by atoms with Crippen molar-refractivity contribution in [2.75, 3.05) is 58.7 Å². The molecule has 25 heavy (non-hydrogen) atoms. The smallest absolute Gasteiger partial charge is 0.250 e. The normalized spacial score (nSPS) is 15.6. The number of nitrogens with zero attached hydrogens (tertiary/aromatic N) is 3. The van der Waals surface area contributed by atoms with Crippen LogP contribution in [-0.2, 0) is 9.59 Å². The molecule has 1 aromatic rings. The molecule has 0 unspecified atom stereocenters. The number of carbonyl (C=O) groups is 3. The van der Waals surface area contributed by atoms with Crippen molar-refractivity contribution in [1.82, 2.24) is 14.7 Å². The predicted octanol–water partition coefficient (Wildman–Crippen LogP) is -0.570. The summed E-state index contributed by atoms with van der Waals surface area (Å²) in [5.41, 5.74) is 6.03. The van der Waals surface area contributed by atoms with Gasteiger partial charge in [0.05, 0.1) is 24.3 Å². The van der Waals surface area contributed by atoms with Gasteiger partial charge in [-0.2, -0.15) is 0 Å². The maximum Gasteiger partial charge on any atom is 0.250 e. The largest absolute Gasteiger partial charge is 0.366 e. The summed E-state index contributed by atoms with van der Waals surface area (Å²) >= 11 is 0. The zero-order valence-corrected chi connectivity index (χ0v) is 14.7. The minimum Gasteiger partial charge on any atom is -0.366 e. The van der Waals surface area contributed by atoms with E-state index in [1.807, 2.05) is 4.90 Å². The molecule has 1 saturated heterocycles. The summed E-state index contributed by atoms with van der Waals surface area (Å²) in [6, 6.07) is 6.67. The highest BCUT2D eigenvalue weighted by atomic mass is 16.2. The molecule has 0 aromatic heterocycles. The molecule has 1 aliphatic rings. The van der Waals surface area contributed by atoms with Crippen molar-refractivity contribution in [1.29, 1.82) is 0 Å². The van der Waals surface area contributed by atoms with Crippen molar-refractivity contribution in [2.45, 2.75) is 0 Å². The summed E-state index contributed by atoms with van der Waals surface area (Å²) in [4.78, 5) is 41.0. The van der Waals surface area contributed by atoms with Crippen LogP contribution in [0.1, 0.15) is 10.4 Å². The number of amides is 3. The van der Waals surface area contributed by atoms with Crippen molar-refractivity contribution in [3.63, 3.8) is 0 Å². The van der Waals surface area contributed by atoms with Gasteiger partial charge in [-0.1, -0.05) is 12.1 Å². The average molecular weight is 347 g/mol. The Balaban J connectivity index is 1.81. The van der Waals surface area contributed by atoms with Gasteiger partial charge in [0.15, 0.2) is 0 Å². The van der Waals surface area contributed by atoms with Crippen LogP contribution in [0.3, 0.4) is 0 Å². The van der Waals surface area contributed by atoms with Crippen molar-refractivity contribution in [2.24, 2.45) is 5.73 Å². The van der Waals surface area contributed by atoms with Crippen LogP contribution in [-0.4, -0.2) is 85.8 Å². The molecule has 1 fully saturated rings. The number of carbonyl (C=O) groups excluding carboxylic acids is 3. The highest BCUT2D eigenvalue weighted by Crippen LogP contribution is 2.14. The molecule has 8 nitrogen and oxygen atoms in total. The van der Waals surface area contributed by atoms with E-state index in [0.717, 1.165) is 13.1 Å². The first-order valence-electron chi connectivity index (χ1n) is 8.20. The number of rotatable bonds is 6. The number of para-hydroxylation sites is 1. The van der Waals surface area contributed by atoms with E-state index in [0.29, 0.717) is 30.9 Å². The van der Waals surface area contributed by atoms with E-state index in [9.17, 15) is 14.4 Å². The fraction of sp³-hybridized carbons (Fsp3) is 0.471. The molecule has 136 valence electrons. The van der Waals surface area contributed by atoms with Crippen LogP contribution in [0.4, 0.5) is 5.69 Å². The van der Waals surface area contributed by atoms with Crippen LogP contribution in [0.5, 0.6) is 0 Å². The molecule has 1 heterocycles. The standard InChI is InChI=1S/C17H25N5O3/c1-20(2)16(24)12-22-9-7-21(8-10-22)11-15(23)19-14-6-4-3-5-13(14)17(18)25/h3-6H,7-12H2,1-2H3,(H2,18,25)(H,19,23). The molecule has 0 bridgehead atoms. The van der Waals surface area contributed by atoms with E-state index in [4.69, 9.17) is 5.73 Å². The maximum atomic E-state index is 12.2. The van der Waals surface area contributed by atoms with E-state index in [1.165, 1.54) is 0 Å². The average Bonchev–Trinajstić information content (AvgIpc) is 2.56. The fourth-order valence-electron chi connectivity index (χ4n) is 2.64. The second-order valence-corrected chi connectivity index (χ2v) is 6.30. The molecule has 1 aliphatic heterocycles. The topological polar surface area (TPSA) is 99.0 Å². The predicted molar refractivity (Wildman–Crippen MR) is 95.2 cm³/mol. The lowest BCUT2D eigenvalue weighted by Crippen LogP contribution is -2.50. The summed E-state index contributed by atoms with van der Waals surface area (Å²) < 4.78 is 0. The van der Waals surface area contributed by atoms with Gasteiger partial charge in [0, 0.05) is 40.3 Å². The number of hydrogen-bond donors (Lipinski definition) is 2. The zero-order valence-electron chi connectivity index (χ0n) is 14.7. The Morgan fingerprint density at radius 1 is 1.04 bits per heavy atom. The summed E-state index contributed by atoms with van der Waals surface area (Å²) in [5.74, 6) is -0.684. The fourth-order valence-corrected chi connectivity index (χ4v) is 2.64. The zero-order chi connectivity index (χ0) is 18.4. The number of likely N-dealkylation sites (N-methyl/N-ethyl adjacent to an activating group) is 1. The van der Waals surface area contributed by atoms with E-state index in [1.54, 1.807) is 43.3 Å². The minimum atomic E-state index is -0.574. The Morgan fingerprint density at radius 2 is 1.60 bits per heavy atom. The van der Waals surface area contributed by atoms with Gasteiger partial charge < -0.3 is 16.0 Å². The molecular formula is C17H25N5O3. The molecule has 0 atom stereocenters. The first-order chi connectivity index (χ1) is 11.9. The second kappa shape index (κ2) is 8.59. The van der Waals surface area contributed by atoms with Crippen molar-refractivity contribution < 1.29 is 14.4 Å². The Hall–Kier alpha value is -2.45. The maximum absolute atomic E-state index is 12.2. The Morgan fingerprint density at radius 3 is 2.16 bits per heavy atom. The summed E-state index contributed by atoms with van der Waals surface area (Å²) in [6.07, 6.45) is 0. The second-order valence-electron chi connectivity index (χ2n) is 6.30. The summed E-state index contributed by atoms with van der Waals surface area (Å²) in [6.45, 7) is 3.55. The molecule has 1 aromatic carbocycles. The first kappa shape index (κ1) is 18.9. The SMILES string of the molecule is CN(C)C(=O)CN1CCN(CC(=O)Nc2ccccc2C(N)=O)CC1. The van der Waals surface area contributed by atoms with Crippen molar-refractivity contribution in [3.05, 3.63) is 29.8 Å². The van der Waals surface area contributed by atoms with Crippen LogP contribution in [0, 0.1) is 0 Å². The van der Waals surface area contributed by atoms with E-state index >= 15 is 0 Å². The Bertz CT molecular complexity index is 639. The van der Waals surface area contributed by atoms with Crippen LogP contribution in [0.2, 0.25) is 0 Å². The Labute approximate surface area is 147 Å². The minimum absolute atomic E-state index is 0.0780.